The molecule has 0 saturated heterocycles. The summed E-state index contributed by atoms with van der Waals surface area (Å²) in [5, 5.41) is 13.6. The van der Waals surface area contributed by atoms with Gasteiger partial charge in [0.05, 0.1) is 0 Å². The van der Waals surface area contributed by atoms with Gasteiger partial charge in [0.1, 0.15) is 12.6 Å². The molecule has 0 spiro atoms. The molecule has 0 aliphatic carbocycles. The Bertz CT molecular complexity index is 478. The summed E-state index contributed by atoms with van der Waals surface area (Å²) in [7, 11) is 0. The van der Waals surface area contributed by atoms with E-state index in [4.69, 9.17) is 9.84 Å². The molecule has 1 aromatic carbocycles. The lowest BCUT2D eigenvalue weighted by molar-refractivity contribution is -0.140. The average molecular weight is 308 g/mol. The fourth-order valence-corrected chi connectivity index (χ4v) is 1.80. The van der Waals surface area contributed by atoms with Gasteiger partial charge in [-0.3, -0.25) is 4.79 Å². The fourth-order valence-electron chi connectivity index (χ4n) is 1.80. The Morgan fingerprint density at radius 1 is 1.23 bits per heavy atom. The van der Waals surface area contributed by atoms with E-state index in [2.05, 4.69) is 10.6 Å². The number of hydrogen-bond donors (Lipinski definition) is 3. The fraction of sp³-hybridized carbons (Fsp3) is 0.400. The van der Waals surface area contributed by atoms with E-state index in [9.17, 15) is 14.4 Å². The van der Waals surface area contributed by atoms with Crippen LogP contribution in [0.25, 0.3) is 0 Å². The molecule has 1 aromatic rings. The number of rotatable bonds is 10. The van der Waals surface area contributed by atoms with E-state index in [1.54, 1.807) is 0 Å². The summed E-state index contributed by atoms with van der Waals surface area (Å²) < 4.78 is 5.03. The van der Waals surface area contributed by atoms with Gasteiger partial charge in [-0.2, -0.15) is 0 Å². The molecule has 0 aliphatic rings. The Morgan fingerprint density at radius 2 is 1.95 bits per heavy atom. The Hall–Kier alpha value is -2.57. The van der Waals surface area contributed by atoms with E-state index in [1.807, 2.05) is 30.3 Å². The maximum atomic E-state index is 11.4. The molecule has 0 aliphatic heterocycles. The van der Waals surface area contributed by atoms with Crippen LogP contribution in [0.3, 0.4) is 0 Å². The highest BCUT2D eigenvalue weighted by Crippen LogP contribution is 2.02. The number of hydrogen-bond acceptors (Lipinski definition) is 4. The van der Waals surface area contributed by atoms with Crippen LogP contribution in [0.15, 0.2) is 30.3 Å². The van der Waals surface area contributed by atoms with Crippen LogP contribution in [0.4, 0.5) is 4.79 Å². The van der Waals surface area contributed by atoms with E-state index in [1.165, 1.54) is 0 Å². The summed E-state index contributed by atoms with van der Waals surface area (Å²) in [6, 6.07) is 8.44. The van der Waals surface area contributed by atoms with Gasteiger partial charge in [-0.15, -0.1) is 0 Å². The number of benzene rings is 1. The van der Waals surface area contributed by atoms with E-state index >= 15 is 0 Å². The Labute approximate surface area is 128 Å². The van der Waals surface area contributed by atoms with Crippen molar-refractivity contribution in [2.24, 2.45) is 0 Å². The van der Waals surface area contributed by atoms with Gasteiger partial charge >= 0.3 is 12.1 Å². The quantitative estimate of drug-likeness (QED) is 0.446. The number of carbonyl (C=O) groups is 3. The minimum atomic E-state index is -1.07. The maximum Gasteiger partial charge on any atom is 0.407 e. The van der Waals surface area contributed by atoms with Gasteiger partial charge in [-0.1, -0.05) is 30.3 Å². The molecule has 22 heavy (non-hydrogen) atoms. The van der Waals surface area contributed by atoms with Gasteiger partial charge < -0.3 is 20.5 Å². The molecule has 120 valence electrons. The molecular formula is C15H20N2O5. The summed E-state index contributed by atoms with van der Waals surface area (Å²) in [4.78, 5) is 32.4. The van der Waals surface area contributed by atoms with Crippen LogP contribution in [0.2, 0.25) is 0 Å². The zero-order chi connectivity index (χ0) is 16.2. The van der Waals surface area contributed by atoms with E-state index < -0.39 is 18.1 Å². The summed E-state index contributed by atoms with van der Waals surface area (Å²) >= 11 is 0. The molecule has 0 aromatic heterocycles. The van der Waals surface area contributed by atoms with Gasteiger partial charge in [0.15, 0.2) is 0 Å². The van der Waals surface area contributed by atoms with Gasteiger partial charge in [0.25, 0.3) is 0 Å². The largest absolute Gasteiger partial charge is 0.480 e. The van der Waals surface area contributed by atoms with Crippen molar-refractivity contribution >= 4 is 18.5 Å². The molecule has 0 heterocycles. The lowest BCUT2D eigenvalue weighted by Crippen LogP contribution is -2.35. The van der Waals surface area contributed by atoms with E-state index in [0.717, 1.165) is 5.56 Å². The molecule has 1 rings (SSSR count). The molecule has 3 N–H and O–H groups in total. The van der Waals surface area contributed by atoms with Crippen molar-refractivity contribution in [1.29, 1.82) is 0 Å². The molecule has 1 unspecified atom stereocenters. The third-order valence-electron chi connectivity index (χ3n) is 2.97. The minimum Gasteiger partial charge on any atom is -0.480 e. The molecule has 0 fully saturated rings. The van der Waals surface area contributed by atoms with Crippen molar-refractivity contribution in [2.45, 2.75) is 31.9 Å². The topological polar surface area (TPSA) is 105 Å². The molecule has 0 saturated carbocycles. The predicted molar refractivity (Wildman–Crippen MR) is 79.1 cm³/mol. The van der Waals surface area contributed by atoms with Crippen molar-refractivity contribution in [3.8, 4) is 0 Å². The second-order valence-electron chi connectivity index (χ2n) is 4.66. The van der Waals surface area contributed by atoms with Crippen LogP contribution in [0.1, 0.15) is 24.8 Å². The highest BCUT2D eigenvalue weighted by molar-refractivity contribution is 5.76. The second kappa shape index (κ2) is 10.2. The third-order valence-corrected chi connectivity index (χ3v) is 2.97. The number of nitrogens with one attached hydrogen (secondary N) is 2. The average Bonchev–Trinajstić information content (AvgIpc) is 2.52. The standard InChI is InChI=1S/C15H20N2O5/c18-11-17-13(14(19)20)8-4-5-9-16-15(21)22-10-12-6-2-1-3-7-12/h1-3,6-7,11,13H,4-5,8-10H2,(H,16,21)(H,17,18)(H,19,20). The number of alkyl carbamates (subject to hydrolysis) is 1. The van der Waals surface area contributed by atoms with Crippen LogP contribution in [0, 0.1) is 0 Å². The summed E-state index contributed by atoms with van der Waals surface area (Å²) in [6.07, 6.45) is 1.35. The smallest absolute Gasteiger partial charge is 0.407 e. The first-order chi connectivity index (χ1) is 10.6. The zero-order valence-electron chi connectivity index (χ0n) is 12.2. The third kappa shape index (κ3) is 7.28. The van der Waals surface area contributed by atoms with Crippen molar-refractivity contribution in [2.75, 3.05) is 6.54 Å². The summed E-state index contributed by atoms with van der Waals surface area (Å²) in [5.41, 5.74) is 0.905. The first kappa shape index (κ1) is 17.5. The van der Waals surface area contributed by atoms with E-state index in [0.29, 0.717) is 32.2 Å². The summed E-state index contributed by atoms with van der Waals surface area (Å²) in [6.45, 7) is 0.595. The maximum absolute atomic E-state index is 11.4. The van der Waals surface area contributed by atoms with Gasteiger partial charge in [0.2, 0.25) is 6.41 Å². The monoisotopic (exact) mass is 308 g/mol. The lowest BCUT2D eigenvalue weighted by Gasteiger charge is -2.11. The van der Waals surface area contributed by atoms with Crippen LogP contribution in [-0.2, 0) is 20.9 Å². The molecule has 7 nitrogen and oxygen atoms in total. The lowest BCUT2D eigenvalue weighted by atomic mass is 10.1. The van der Waals surface area contributed by atoms with Crippen molar-refractivity contribution in [3.05, 3.63) is 35.9 Å². The number of amides is 2. The van der Waals surface area contributed by atoms with Gasteiger partial charge in [-0.05, 0) is 24.8 Å². The van der Waals surface area contributed by atoms with E-state index in [-0.39, 0.29) is 6.61 Å². The SMILES string of the molecule is O=CNC(CCCCNC(=O)OCc1ccccc1)C(=O)O. The molecule has 7 heteroatoms. The Kier molecular flexibility index (Phi) is 8.10. The highest BCUT2D eigenvalue weighted by Gasteiger charge is 2.15. The second-order valence-corrected chi connectivity index (χ2v) is 4.66. The molecule has 0 bridgehead atoms. The van der Waals surface area contributed by atoms with Gasteiger partial charge in [-0.25, -0.2) is 9.59 Å². The molecular weight excluding hydrogens is 288 g/mol. The molecule has 1 atom stereocenters. The number of carbonyl (C=O) groups excluding carboxylic acids is 2. The molecule has 0 radical (unpaired) electrons. The van der Waals surface area contributed by atoms with Crippen LogP contribution < -0.4 is 10.6 Å². The highest BCUT2D eigenvalue weighted by atomic mass is 16.5. The minimum absolute atomic E-state index is 0.205. The van der Waals surface area contributed by atoms with Crippen LogP contribution in [-0.4, -0.2) is 36.2 Å². The first-order valence-electron chi connectivity index (χ1n) is 7.00. The number of ether oxygens (including phenoxy) is 1. The zero-order valence-corrected chi connectivity index (χ0v) is 12.2. The number of carboxylic acids is 1. The number of aliphatic carboxylic acids is 1. The Balaban J connectivity index is 2.10. The molecule has 2 amide bonds. The normalized spacial score (nSPS) is 11.3. The van der Waals surface area contributed by atoms with Crippen LogP contribution >= 0.6 is 0 Å². The van der Waals surface area contributed by atoms with Crippen molar-refractivity contribution in [1.82, 2.24) is 10.6 Å². The van der Waals surface area contributed by atoms with Crippen molar-refractivity contribution in [3.63, 3.8) is 0 Å². The first-order valence-corrected chi connectivity index (χ1v) is 7.00. The number of carboxylic acid groups (broad SMARTS) is 1. The summed E-state index contributed by atoms with van der Waals surface area (Å²) in [5.74, 6) is -1.07. The van der Waals surface area contributed by atoms with Crippen molar-refractivity contribution < 1.29 is 24.2 Å². The van der Waals surface area contributed by atoms with Gasteiger partial charge in [0, 0.05) is 6.54 Å². The predicted octanol–water partition coefficient (Wildman–Crippen LogP) is 1.28. The van der Waals surface area contributed by atoms with Crippen LogP contribution in [0.5, 0.6) is 0 Å². The number of unbranched alkanes of at least 4 members (excludes halogenated alkanes) is 1. The Morgan fingerprint density at radius 3 is 2.59 bits per heavy atom.